The summed E-state index contributed by atoms with van der Waals surface area (Å²) in [6.45, 7) is 6.22. The molecule has 1 saturated carbocycles. The van der Waals surface area contributed by atoms with Crippen LogP contribution in [-0.2, 0) is 30.6 Å². The average molecular weight is 420 g/mol. The summed E-state index contributed by atoms with van der Waals surface area (Å²) in [5.74, 6) is -0.304. The van der Waals surface area contributed by atoms with Gasteiger partial charge in [-0.1, -0.05) is 0 Å². The molecule has 0 unspecified atom stereocenters. The summed E-state index contributed by atoms with van der Waals surface area (Å²) in [6.07, 6.45) is -1.16. The molecule has 3 aromatic rings. The van der Waals surface area contributed by atoms with E-state index in [-0.39, 0.29) is 41.6 Å². The fraction of sp³-hybridized carbons (Fsp3) is 0.500. The van der Waals surface area contributed by atoms with Crippen molar-refractivity contribution in [3.63, 3.8) is 0 Å². The Morgan fingerprint density at radius 3 is 2.60 bits per heavy atom. The van der Waals surface area contributed by atoms with Gasteiger partial charge in [-0.3, -0.25) is 9.48 Å². The predicted octanol–water partition coefficient (Wildman–Crippen LogP) is 3.48. The van der Waals surface area contributed by atoms with Crippen molar-refractivity contribution >= 4 is 16.9 Å². The first-order chi connectivity index (χ1) is 14.2. The molecule has 4 rings (SSSR count). The first kappa shape index (κ1) is 20.4. The minimum Gasteiger partial charge on any atom is -0.350 e. The first-order valence-electron chi connectivity index (χ1n) is 9.92. The van der Waals surface area contributed by atoms with Gasteiger partial charge in [0.1, 0.15) is 6.54 Å². The van der Waals surface area contributed by atoms with E-state index in [0.29, 0.717) is 5.69 Å². The van der Waals surface area contributed by atoms with Crippen molar-refractivity contribution in [2.45, 2.75) is 65.3 Å². The summed E-state index contributed by atoms with van der Waals surface area (Å²) in [5.41, 5.74) is 1.85. The van der Waals surface area contributed by atoms with Crippen molar-refractivity contribution in [2.24, 2.45) is 0 Å². The summed E-state index contributed by atoms with van der Waals surface area (Å²) < 4.78 is 44.1. The first-order valence-corrected chi connectivity index (χ1v) is 9.92. The number of carbonyl (C=O) groups excluding carboxylic acids is 1. The number of alkyl halides is 3. The third-order valence-corrected chi connectivity index (χ3v) is 5.47. The van der Waals surface area contributed by atoms with Crippen molar-refractivity contribution in [2.75, 3.05) is 0 Å². The Balaban J connectivity index is 1.60. The summed E-state index contributed by atoms with van der Waals surface area (Å²) >= 11 is 0. The van der Waals surface area contributed by atoms with Gasteiger partial charge in [0, 0.05) is 36.0 Å². The lowest BCUT2D eigenvalue weighted by Gasteiger charge is -2.11. The third kappa shape index (κ3) is 3.78. The Morgan fingerprint density at radius 2 is 2.00 bits per heavy atom. The number of pyridine rings is 1. The summed E-state index contributed by atoms with van der Waals surface area (Å²) in [5, 5.41) is 11.2. The lowest BCUT2D eigenvalue weighted by Crippen LogP contribution is -2.28. The number of carbonyl (C=O) groups is 1. The zero-order chi connectivity index (χ0) is 21.6. The highest BCUT2D eigenvalue weighted by molar-refractivity contribution is 5.85. The summed E-state index contributed by atoms with van der Waals surface area (Å²) in [7, 11) is 0. The molecule has 1 aliphatic rings. The Morgan fingerprint density at radius 1 is 1.27 bits per heavy atom. The van der Waals surface area contributed by atoms with Crippen LogP contribution in [-0.4, -0.2) is 30.5 Å². The maximum absolute atomic E-state index is 13.7. The number of aryl methyl sites for hydroxylation is 2. The van der Waals surface area contributed by atoms with Crippen LogP contribution in [0.3, 0.4) is 0 Å². The number of nitrogens with one attached hydrogen (secondary N) is 1. The van der Waals surface area contributed by atoms with Crippen molar-refractivity contribution in [3.8, 4) is 0 Å². The van der Waals surface area contributed by atoms with Gasteiger partial charge in [-0.05, 0) is 39.7 Å². The van der Waals surface area contributed by atoms with Gasteiger partial charge in [0.25, 0.3) is 0 Å². The molecule has 3 aromatic heterocycles. The Hall–Kier alpha value is -2.91. The number of fused-ring (bicyclic) bond motifs is 1. The van der Waals surface area contributed by atoms with Gasteiger partial charge in [0.2, 0.25) is 5.91 Å². The number of rotatable bonds is 6. The van der Waals surface area contributed by atoms with E-state index in [4.69, 9.17) is 0 Å². The van der Waals surface area contributed by atoms with E-state index in [1.807, 2.05) is 18.5 Å². The van der Waals surface area contributed by atoms with Gasteiger partial charge in [-0.2, -0.15) is 23.4 Å². The van der Waals surface area contributed by atoms with E-state index >= 15 is 0 Å². The molecule has 1 aliphatic carbocycles. The smallest absolute Gasteiger partial charge is 0.350 e. The molecular formula is C20H23F3N6O. The summed E-state index contributed by atoms with van der Waals surface area (Å²) in [4.78, 5) is 16.9. The van der Waals surface area contributed by atoms with Crippen LogP contribution in [0.5, 0.6) is 0 Å². The molecular weight excluding hydrogens is 397 g/mol. The van der Waals surface area contributed by atoms with E-state index in [0.717, 1.165) is 36.7 Å². The maximum Gasteiger partial charge on any atom is 0.417 e. The number of hydrogen-bond donors (Lipinski definition) is 1. The number of halogens is 3. The molecule has 1 amide bonds. The fourth-order valence-corrected chi connectivity index (χ4v) is 3.66. The van der Waals surface area contributed by atoms with Crippen LogP contribution in [0.1, 0.15) is 53.9 Å². The SMILES string of the molecule is CCn1ncc(CNC(=O)Cn2nc(C)c3c(C(F)(F)F)cc(C4CC4)nc32)c1C. The number of aromatic nitrogens is 5. The van der Waals surface area contributed by atoms with Crippen molar-refractivity contribution < 1.29 is 18.0 Å². The Bertz CT molecular complexity index is 1110. The van der Waals surface area contributed by atoms with Crippen LogP contribution >= 0.6 is 0 Å². The number of amides is 1. The lowest BCUT2D eigenvalue weighted by molar-refractivity contribution is -0.136. The van der Waals surface area contributed by atoms with Gasteiger partial charge in [0.05, 0.1) is 22.8 Å². The van der Waals surface area contributed by atoms with Crippen LogP contribution in [0.2, 0.25) is 0 Å². The fourth-order valence-electron chi connectivity index (χ4n) is 3.66. The molecule has 30 heavy (non-hydrogen) atoms. The predicted molar refractivity (Wildman–Crippen MR) is 104 cm³/mol. The quantitative estimate of drug-likeness (QED) is 0.662. The molecule has 0 saturated heterocycles. The molecule has 0 atom stereocenters. The zero-order valence-corrected chi connectivity index (χ0v) is 17.0. The van der Waals surface area contributed by atoms with Crippen molar-refractivity contribution in [1.82, 2.24) is 29.9 Å². The second-order valence-corrected chi connectivity index (χ2v) is 7.66. The highest BCUT2D eigenvalue weighted by atomic mass is 19.4. The van der Waals surface area contributed by atoms with Crippen molar-refractivity contribution in [1.29, 1.82) is 0 Å². The van der Waals surface area contributed by atoms with Crippen LogP contribution in [0, 0.1) is 13.8 Å². The molecule has 0 radical (unpaired) electrons. The van der Waals surface area contributed by atoms with E-state index in [1.165, 1.54) is 11.6 Å². The molecule has 0 spiro atoms. The molecule has 0 aromatic carbocycles. The minimum absolute atomic E-state index is 0.0419. The maximum atomic E-state index is 13.7. The molecule has 0 aliphatic heterocycles. The topological polar surface area (TPSA) is 77.6 Å². The van der Waals surface area contributed by atoms with E-state index in [2.05, 4.69) is 20.5 Å². The van der Waals surface area contributed by atoms with Gasteiger partial charge < -0.3 is 5.32 Å². The van der Waals surface area contributed by atoms with E-state index in [9.17, 15) is 18.0 Å². The third-order valence-electron chi connectivity index (χ3n) is 5.47. The summed E-state index contributed by atoms with van der Waals surface area (Å²) in [6, 6.07) is 1.13. The van der Waals surface area contributed by atoms with Gasteiger partial charge in [0.15, 0.2) is 5.65 Å². The molecule has 0 bridgehead atoms. The Kier molecular flexibility index (Phi) is 5.03. The van der Waals surface area contributed by atoms with Crippen LogP contribution in [0.25, 0.3) is 11.0 Å². The second kappa shape index (κ2) is 7.41. The van der Waals surface area contributed by atoms with Gasteiger partial charge in [-0.15, -0.1) is 0 Å². The molecule has 1 N–H and O–H groups in total. The number of nitrogens with zero attached hydrogens (tertiary/aromatic N) is 5. The van der Waals surface area contributed by atoms with Crippen LogP contribution in [0.15, 0.2) is 12.3 Å². The lowest BCUT2D eigenvalue weighted by atomic mass is 10.1. The molecule has 10 heteroatoms. The average Bonchev–Trinajstić information content (AvgIpc) is 3.41. The zero-order valence-electron chi connectivity index (χ0n) is 17.0. The normalized spacial score (nSPS) is 14.5. The van der Waals surface area contributed by atoms with Gasteiger partial charge >= 0.3 is 6.18 Å². The highest BCUT2D eigenvalue weighted by Crippen LogP contribution is 2.43. The molecule has 1 fully saturated rings. The van der Waals surface area contributed by atoms with Crippen molar-refractivity contribution in [3.05, 3.63) is 40.5 Å². The second-order valence-electron chi connectivity index (χ2n) is 7.66. The van der Waals surface area contributed by atoms with Crippen LogP contribution < -0.4 is 5.32 Å². The molecule has 7 nitrogen and oxygen atoms in total. The standard InChI is InChI=1S/C20H23F3N6O/c1-4-28-12(3)14(9-25-28)8-24-17(30)10-29-19-18(11(2)27-29)15(20(21,22)23)7-16(26-19)13-5-6-13/h7,9,13H,4-6,8,10H2,1-3H3,(H,24,30). The van der Waals surface area contributed by atoms with E-state index < -0.39 is 11.7 Å². The number of hydrogen-bond acceptors (Lipinski definition) is 4. The van der Waals surface area contributed by atoms with Gasteiger partial charge in [-0.25, -0.2) is 9.67 Å². The monoisotopic (exact) mass is 420 g/mol. The highest BCUT2D eigenvalue weighted by Gasteiger charge is 2.37. The van der Waals surface area contributed by atoms with Crippen LogP contribution in [0.4, 0.5) is 13.2 Å². The minimum atomic E-state index is -4.51. The molecule has 3 heterocycles. The molecule has 160 valence electrons. The largest absolute Gasteiger partial charge is 0.417 e. The Labute approximate surface area is 171 Å². The van der Waals surface area contributed by atoms with E-state index in [1.54, 1.807) is 6.20 Å².